The van der Waals surface area contributed by atoms with Gasteiger partial charge in [0.25, 0.3) is 5.91 Å². The van der Waals surface area contributed by atoms with Gasteiger partial charge in [-0.15, -0.1) is 0 Å². The summed E-state index contributed by atoms with van der Waals surface area (Å²) in [6, 6.07) is 15.1. The van der Waals surface area contributed by atoms with Crippen molar-refractivity contribution in [1.29, 1.82) is 0 Å². The van der Waals surface area contributed by atoms with Crippen LogP contribution in [0.2, 0.25) is 0 Å². The summed E-state index contributed by atoms with van der Waals surface area (Å²) in [6.45, 7) is 0.676. The number of nitrogens with zero attached hydrogens (tertiary/aromatic N) is 2. The van der Waals surface area contributed by atoms with Crippen LogP contribution in [0, 0.1) is 0 Å². The standard InChI is InChI=1S/C19H18N2O2S/c22-18(17-8-10-24-14-17)13-21(12-15-5-2-1-3-6-15)19(23)16-7-4-9-20-11-16/h1-11,14,18,22H,12-13H2. The normalized spacial score (nSPS) is 11.9. The second-order valence-electron chi connectivity index (χ2n) is 5.49. The number of rotatable bonds is 6. The van der Waals surface area contributed by atoms with E-state index in [0.29, 0.717) is 12.1 Å². The zero-order valence-electron chi connectivity index (χ0n) is 13.1. The van der Waals surface area contributed by atoms with Crippen molar-refractivity contribution >= 4 is 17.2 Å². The molecule has 1 amide bonds. The van der Waals surface area contributed by atoms with E-state index in [2.05, 4.69) is 4.98 Å². The van der Waals surface area contributed by atoms with Crippen LogP contribution in [0.5, 0.6) is 0 Å². The lowest BCUT2D eigenvalue weighted by Gasteiger charge is -2.25. The highest BCUT2D eigenvalue weighted by Gasteiger charge is 2.20. The van der Waals surface area contributed by atoms with Crippen LogP contribution >= 0.6 is 11.3 Å². The molecule has 0 aliphatic rings. The van der Waals surface area contributed by atoms with Gasteiger partial charge in [0.2, 0.25) is 0 Å². The Bertz CT molecular complexity index is 761. The molecule has 0 saturated heterocycles. The number of aliphatic hydroxyl groups is 1. The van der Waals surface area contributed by atoms with Crippen LogP contribution in [0.3, 0.4) is 0 Å². The molecule has 0 aliphatic carbocycles. The summed E-state index contributed by atoms with van der Waals surface area (Å²) in [4.78, 5) is 18.5. The van der Waals surface area contributed by atoms with E-state index in [1.165, 1.54) is 11.3 Å². The number of hydrogen-bond acceptors (Lipinski definition) is 4. The average molecular weight is 338 g/mol. The fraction of sp³-hybridized carbons (Fsp3) is 0.158. The third-order valence-corrected chi connectivity index (χ3v) is 4.43. The molecule has 1 aromatic carbocycles. The highest BCUT2D eigenvalue weighted by molar-refractivity contribution is 7.07. The molecule has 0 fully saturated rings. The lowest BCUT2D eigenvalue weighted by molar-refractivity contribution is 0.0604. The number of benzene rings is 1. The van der Waals surface area contributed by atoms with Gasteiger partial charge in [-0.25, -0.2) is 0 Å². The number of carbonyl (C=O) groups excluding carboxylic acids is 1. The molecule has 4 nitrogen and oxygen atoms in total. The largest absolute Gasteiger partial charge is 0.387 e. The zero-order chi connectivity index (χ0) is 16.8. The van der Waals surface area contributed by atoms with Gasteiger partial charge in [-0.2, -0.15) is 11.3 Å². The molecule has 122 valence electrons. The molecule has 1 unspecified atom stereocenters. The maximum Gasteiger partial charge on any atom is 0.255 e. The van der Waals surface area contributed by atoms with E-state index in [0.717, 1.165) is 11.1 Å². The molecule has 5 heteroatoms. The number of pyridine rings is 1. The second-order valence-corrected chi connectivity index (χ2v) is 6.27. The van der Waals surface area contributed by atoms with Gasteiger partial charge in [-0.1, -0.05) is 30.3 Å². The smallest absolute Gasteiger partial charge is 0.255 e. The third-order valence-electron chi connectivity index (χ3n) is 3.73. The molecule has 0 radical (unpaired) electrons. The summed E-state index contributed by atoms with van der Waals surface area (Å²) >= 11 is 1.53. The Kier molecular flexibility index (Phi) is 5.36. The lowest BCUT2D eigenvalue weighted by atomic mass is 10.1. The van der Waals surface area contributed by atoms with Crippen molar-refractivity contribution in [1.82, 2.24) is 9.88 Å². The number of amides is 1. The molecule has 0 aliphatic heterocycles. The van der Waals surface area contributed by atoms with Crippen LogP contribution in [0.4, 0.5) is 0 Å². The summed E-state index contributed by atoms with van der Waals surface area (Å²) < 4.78 is 0. The first-order valence-corrected chi connectivity index (χ1v) is 8.61. The molecule has 0 spiro atoms. The van der Waals surface area contributed by atoms with E-state index in [9.17, 15) is 9.90 Å². The Morgan fingerprint density at radius 1 is 1.17 bits per heavy atom. The Morgan fingerprint density at radius 2 is 2.00 bits per heavy atom. The van der Waals surface area contributed by atoms with Crippen molar-refractivity contribution in [2.24, 2.45) is 0 Å². The molecular formula is C19H18N2O2S. The van der Waals surface area contributed by atoms with Crippen LogP contribution < -0.4 is 0 Å². The summed E-state index contributed by atoms with van der Waals surface area (Å²) in [5.74, 6) is -0.138. The zero-order valence-corrected chi connectivity index (χ0v) is 13.9. The second kappa shape index (κ2) is 7.86. The summed E-state index contributed by atoms with van der Waals surface area (Å²) in [5.41, 5.74) is 2.37. The van der Waals surface area contributed by atoms with E-state index in [1.807, 2.05) is 47.2 Å². The maximum absolute atomic E-state index is 12.8. The van der Waals surface area contributed by atoms with Gasteiger partial charge in [0.05, 0.1) is 18.2 Å². The van der Waals surface area contributed by atoms with Gasteiger partial charge in [0.15, 0.2) is 0 Å². The van der Waals surface area contributed by atoms with Gasteiger partial charge < -0.3 is 10.0 Å². The van der Waals surface area contributed by atoms with Gasteiger partial charge in [0.1, 0.15) is 0 Å². The molecular weight excluding hydrogens is 320 g/mol. The molecule has 24 heavy (non-hydrogen) atoms. The summed E-state index contributed by atoms with van der Waals surface area (Å²) in [7, 11) is 0. The van der Waals surface area contributed by atoms with E-state index in [1.54, 1.807) is 29.4 Å². The van der Waals surface area contributed by atoms with Gasteiger partial charge in [-0.3, -0.25) is 9.78 Å². The quantitative estimate of drug-likeness (QED) is 0.748. The minimum absolute atomic E-state index is 0.138. The third kappa shape index (κ3) is 4.07. The number of aliphatic hydroxyl groups excluding tert-OH is 1. The summed E-state index contributed by atoms with van der Waals surface area (Å²) in [6.07, 6.45) is 2.48. The molecule has 3 aromatic rings. The van der Waals surface area contributed by atoms with Crippen LogP contribution in [-0.4, -0.2) is 27.4 Å². The van der Waals surface area contributed by atoms with E-state index >= 15 is 0 Å². The van der Waals surface area contributed by atoms with Gasteiger partial charge >= 0.3 is 0 Å². The Labute approximate surface area is 145 Å². The van der Waals surface area contributed by atoms with Crippen LogP contribution in [-0.2, 0) is 6.54 Å². The fourth-order valence-electron chi connectivity index (χ4n) is 2.47. The minimum Gasteiger partial charge on any atom is -0.387 e. The van der Waals surface area contributed by atoms with Crippen LogP contribution in [0.25, 0.3) is 0 Å². The Morgan fingerprint density at radius 3 is 2.67 bits per heavy atom. The van der Waals surface area contributed by atoms with Crippen molar-refractivity contribution in [3.8, 4) is 0 Å². The fourth-order valence-corrected chi connectivity index (χ4v) is 3.18. The van der Waals surface area contributed by atoms with E-state index < -0.39 is 6.10 Å². The van der Waals surface area contributed by atoms with E-state index in [4.69, 9.17) is 0 Å². The van der Waals surface area contributed by atoms with Gasteiger partial charge in [0, 0.05) is 18.9 Å². The first kappa shape index (κ1) is 16.4. The molecule has 0 saturated carbocycles. The van der Waals surface area contributed by atoms with Crippen molar-refractivity contribution in [2.75, 3.05) is 6.54 Å². The average Bonchev–Trinajstić information content (AvgIpc) is 3.17. The number of carbonyl (C=O) groups is 1. The van der Waals surface area contributed by atoms with Crippen LogP contribution in [0.15, 0.2) is 71.7 Å². The number of aromatic nitrogens is 1. The maximum atomic E-state index is 12.8. The Hall–Kier alpha value is -2.50. The molecule has 2 aromatic heterocycles. The highest BCUT2D eigenvalue weighted by atomic mass is 32.1. The number of hydrogen-bond donors (Lipinski definition) is 1. The van der Waals surface area contributed by atoms with Crippen molar-refractivity contribution in [2.45, 2.75) is 12.6 Å². The Balaban J connectivity index is 1.81. The molecule has 0 bridgehead atoms. The molecule has 2 heterocycles. The molecule has 1 atom stereocenters. The SMILES string of the molecule is O=C(c1cccnc1)N(Cc1ccccc1)CC(O)c1ccsc1. The van der Waals surface area contributed by atoms with Crippen molar-refractivity contribution in [3.63, 3.8) is 0 Å². The highest BCUT2D eigenvalue weighted by Crippen LogP contribution is 2.20. The van der Waals surface area contributed by atoms with Gasteiger partial charge in [-0.05, 0) is 40.1 Å². The predicted octanol–water partition coefficient (Wildman–Crippen LogP) is 3.52. The lowest BCUT2D eigenvalue weighted by Crippen LogP contribution is -2.34. The molecule has 1 N–H and O–H groups in total. The summed E-state index contributed by atoms with van der Waals surface area (Å²) in [5, 5.41) is 14.3. The van der Waals surface area contributed by atoms with Crippen molar-refractivity contribution in [3.05, 3.63) is 88.4 Å². The first-order chi connectivity index (χ1) is 11.7. The molecule has 3 rings (SSSR count). The number of thiophene rings is 1. The minimum atomic E-state index is -0.708. The topological polar surface area (TPSA) is 53.4 Å². The van der Waals surface area contributed by atoms with Crippen molar-refractivity contribution < 1.29 is 9.90 Å². The monoisotopic (exact) mass is 338 g/mol. The predicted molar refractivity (Wildman–Crippen MR) is 94.7 cm³/mol. The first-order valence-electron chi connectivity index (χ1n) is 7.67. The van der Waals surface area contributed by atoms with Crippen LogP contribution in [0.1, 0.15) is 27.6 Å². The van der Waals surface area contributed by atoms with E-state index in [-0.39, 0.29) is 12.5 Å².